The van der Waals surface area contributed by atoms with E-state index in [0.717, 1.165) is 18.0 Å². The number of ether oxygens (including phenoxy) is 2. The van der Waals surface area contributed by atoms with Crippen LogP contribution in [-0.2, 0) is 4.74 Å². The van der Waals surface area contributed by atoms with E-state index in [4.69, 9.17) is 9.47 Å². The lowest BCUT2D eigenvalue weighted by Crippen LogP contribution is -2.55. The summed E-state index contributed by atoms with van der Waals surface area (Å²) < 4.78 is 11.4. The van der Waals surface area contributed by atoms with Crippen molar-refractivity contribution in [1.82, 2.24) is 0 Å². The number of aliphatic hydroxyl groups is 4. The molecular formula is C17H25NO6. The van der Waals surface area contributed by atoms with Crippen molar-refractivity contribution in [2.24, 2.45) is 0 Å². The first-order chi connectivity index (χ1) is 11.5. The molecular weight excluding hydrogens is 314 g/mol. The molecule has 0 aliphatic carbocycles. The van der Waals surface area contributed by atoms with Crippen LogP contribution in [0.5, 0.6) is 5.75 Å². The zero-order chi connectivity index (χ0) is 17.4. The molecule has 0 radical (unpaired) electrons. The first-order valence-corrected chi connectivity index (χ1v) is 8.31. The number of rotatable bonds is 3. The van der Waals surface area contributed by atoms with Gasteiger partial charge in [0.15, 0.2) is 0 Å². The number of aliphatic hydroxyl groups excluding tert-OH is 4. The third kappa shape index (κ3) is 2.87. The average Bonchev–Trinajstić information content (AvgIpc) is 2.59. The summed E-state index contributed by atoms with van der Waals surface area (Å²) >= 11 is 0. The van der Waals surface area contributed by atoms with Gasteiger partial charge in [0.2, 0.25) is 0 Å². The lowest BCUT2D eigenvalue weighted by atomic mass is 9.91. The Hall–Kier alpha value is -1.38. The Bertz CT molecular complexity index is 580. The molecule has 0 spiro atoms. The first kappa shape index (κ1) is 17.4. The van der Waals surface area contributed by atoms with Gasteiger partial charge in [0, 0.05) is 6.54 Å². The van der Waals surface area contributed by atoms with E-state index < -0.39 is 37.1 Å². The van der Waals surface area contributed by atoms with Crippen LogP contribution < -0.4 is 9.64 Å². The van der Waals surface area contributed by atoms with E-state index >= 15 is 0 Å². The van der Waals surface area contributed by atoms with Gasteiger partial charge in [-0.15, -0.1) is 0 Å². The number of nitrogens with zero attached hydrogens (tertiary/aromatic N) is 1. The number of anilines is 1. The maximum absolute atomic E-state index is 10.3. The fourth-order valence-electron chi connectivity index (χ4n) is 3.45. The third-order valence-corrected chi connectivity index (χ3v) is 4.87. The second-order valence-corrected chi connectivity index (χ2v) is 6.42. The van der Waals surface area contributed by atoms with Gasteiger partial charge < -0.3 is 34.8 Å². The minimum atomic E-state index is -1.38. The van der Waals surface area contributed by atoms with Crippen molar-refractivity contribution in [3.63, 3.8) is 0 Å². The zero-order valence-electron chi connectivity index (χ0n) is 13.9. The van der Waals surface area contributed by atoms with Crippen LogP contribution in [0.1, 0.15) is 25.5 Å². The third-order valence-electron chi connectivity index (χ3n) is 4.87. The molecule has 1 aromatic carbocycles. The maximum atomic E-state index is 10.3. The summed E-state index contributed by atoms with van der Waals surface area (Å²) in [6, 6.07) is 5.70. The molecule has 1 aromatic rings. The van der Waals surface area contributed by atoms with Gasteiger partial charge in [0.1, 0.15) is 42.9 Å². The lowest BCUT2D eigenvalue weighted by Gasteiger charge is -2.41. The summed E-state index contributed by atoms with van der Waals surface area (Å²) in [6.07, 6.45) is -5.76. The summed E-state index contributed by atoms with van der Waals surface area (Å²) in [6.45, 7) is 5.13. The van der Waals surface area contributed by atoms with Gasteiger partial charge in [-0.05, 0) is 31.5 Å². The minimum Gasteiger partial charge on any atom is -0.489 e. The summed E-state index contributed by atoms with van der Waals surface area (Å²) in [4.78, 5) is 2.20. The second-order valence-electron chi connectivity index (χ2n) is 6.42. The van der Waals surface area contributed by atoms with E-state index in [1.165, 1.54) is 0 Å². The molecule has 0 amide bonds. The first-order valence-electron chi connectivity index (χ1n) is 8.31. The Labute approximate surface area is 141 Å². The molecule has 2 aliphatic rings. The number of benzene rings is 1. The molecule has 2 heterocycles. The molecule has 3 rings (SSSR count). The predicted molar refractivity (Wildman–Crippen MR) is 87.1 cm³/mol. The lowest BCUT2D eigenvalue weighted by molar-refractivity contribution is -0.231. The van der Waals surface area contributed by atoms with Crippen LogP contribution in [0.2, 0.25) is 0 Å². The van der Waals surface area contributed by atoms with Crippen molar-refractivity contribution in [1.29, 1.82) is 0 Å². The number of likely N-dealkylation sites (N-methyl/N-ethyl adjacent to an activating group) is 1. The van der Waals surface area contributed by atoms with Crippen molar-refractivity contribution < 1.29 is 29.9 Å². The van der Waals surface area contributed by atoms with E-state index in [1.807, 2.05) is 12.1 Å². The van der Waals surface area contributed by atoms with E-state index in [1.54, 1.807) is 6.07 Å². The number of hydrogen-bond acceptors (Lipinski definition) is 7. The van der Waals surface area contributed by atoms with Crippen molar-refractivity contribution in [3.05, 3.63) is 23.8 Å². The molecule has 0 saturated carbocycles. The van der Waals surface area contributed by atoms with Crippen LogP contribution >= 0.6 is 0 Å². The summed E-state index contributed by atoms with van der Waals surface area (Å²) in [5, 5.41) is 39.5. The van der Waals surface area contributed by atoms with Gasteiger partial charge in [-0.1, -0.05) is 6.07 Å². The largest absolute Gasteiger partial charge is 0.489 e. The number of hydrogen-bond donors (Lipinski definition) is 4. The summed E-state index contributed by atoms with van der Waals surface area (Å²) in [5.74, 6) is 0.767. The second kappa shape index (κ2) is 6.85. The highest BCUT2D eigenvalue weighted by Crippen LogP contribution is 2.39. The van der Waals surface area contributed by atoms with Crippen molar-refractivity contribution in [3.8, 4) is 5.75 Å². The molecule has 1 saturated heterocycles. The van der Waals surface area contributed by atoms with Gasteiger partial charge in [-0.25, -0.2) is 0 Å². The van der Waals surface area contributed by atoms with Crippen LogP contribution in [0.15, 0.2) is 18.2 Å². The monoisotopic (exact) mass is 339 g/mol. The molecule has 4 N–H and O–H groups in total. The van der Waals surface area contributed by atoms with Gasteiger partial charge in [-0.2, -0.15) is 0 Å². The highest BCUT2D eigenvalue weighted by Gasteiger charge is 2.44. The van der Waals surface area contributed by atoms with Gasteiger partial charge >= 0.3 is 0 Å². The summed E-state index contributed by atoms with van der Waals surface area (Å²) in [7, 11) is 0. The van der Waals surface area contributed by atoms with E-state index in [2.05, 4.69) is 18.7 Å². The quantitative estimate of drug-likeness (QED) is 0.605. The van der Waals surface area contributed by atoms with Gasteiger partial charge in [0.25, 0.3) is 0 Å². The standard InChI is InChI=1S/C17H25NO6/c1-3-18-9(2)8-23-12-5-4-10(6-11(12)18)17-16(22)15(21)14(20)13(7-19)24-17/h4-6,9,13-17,19-22H,3,7-8H2,1-2H3/t9?,13-,14-,15+,16-,17+/m1/s1. The van der Waals surface area contributed by atoms with Crippen molar-refractivity contribution >= 4 is 5.69 Å². The molecule has 7 heteroatoms. The molecule has 6 atom stereocenters. The Kier molecular flexibility index (Phi) is 4.98. The Balaban J connectivity index is 1.93. The molecule has 1 unspecified atom stereocenters. The fraction of sp³-hybridized carbons (Fsp3) is 0.647. The number of fused-ring (bicyclic) bond motifs is 1. The van der Waals surface area contributed by atoms with Crippen LogP contribution in [0.4, 0.5) is 5.69 Å². The fourth-order valence-corrected chi connectivity index (χ4v) is 3.45. The van der Waals surface area contributed by atoms with Gasteiger partial charge in [0.05, 0.1) is 18.3 Å². The topological polar surface area (TPSA) is 103 Å². The Morgan fingerprint density at radius 2 is 1.92 bits per heavy atom. The SMILES string of the molecule is CCN1c2cc([C@@H]3O[C@H](CO)[C@@H](O)[C@H](O)[C@H]3O)ccc2OCC1C. The molecule has 2 aliphatic heterocycles. The maximum Gasteiger partial charge on any atom is 0.142 e. The van der Waals surface area contributed by atoms with E-state index in [9.17, 15) is 20.4 Å². The van der Waals surface area contributed by atoms with E-state index in [0.29, 0.717) is 12.2 Å². The highest BCUT2D eigenvalue weighted by molar-refractivity contribution is 5.62. The van der Waals surface area contributed by atoms with Crippen LogP contribution in [0, 0.1) is 0 Å². The molecule has 0 aromatic heterocycles. The molecule has 0 bridgehead atoms. The Morgan fingerprint density at radius 3 is 2.58 bits per heavy atom. The smallest absolute Gasteiger partial charge is 0.142 e. The highest BCUT2D eigenvalue weighted by atomic mass is 16.5. The normalized spacial score (nSPS) is 36.2. The molecule has 24 heavy (non-hydrogen) atoms. The zero-order valence-corrected chi connectivity index (χ0v) is 13.9. The van der Waals surface area contributed by atoms with E-state index in [-0.39, 0.29) is 6.04 Å². The van der Waals surface area contributed by atoms with Gasteiger partial charge in [-0.3, -0.25) is 0 Å². The molecule has 7 nitrogen and oxygen atoms in total. The average molecular weight is 339 g/mol. The van der Waals surface area contributed by atoms with Crippen molar-refractivity contribution in [2.45, 2.75) is 50.4 Å². The molecule has 1 fully saturated rings. The summed E-state index contributed by atoms with van der Waals surface area (Å²) in [5.41, 5.74) is 1.58. The minimum absolute atomic E-state index is 0.229. The van der Waals surface area contributed by atoms with Crippen LogP contribution in [0.25, 0.3) is 0 Å². The van der Waals surface area contributed by atoms with Crippen LogP contribution in [0.3, 0.4) is 0 Å². The Morgan fingerprint density at radius 1 is 1.17 bits per heavy atom. The predicted octanol–water partition coefficient (Wildman–Crippen LogP) is -0.191. The molecule has 134 valence electrons. The van der Waals surface area contributed by atoms with Crippen LogP contribution in [-0.4, -0.2) is 70.6 Å². The van der Waals surface area contributed by atoms with Crippen molar-refractivity contribution in [2.75, 3.05) is 24.7 Å².